The quantitative estimate of drug-likeness (QED) is 0.574. The molecule has 0 radical (unpaired) electrons. The number of rotatable bonds is 6. The maximum absolute atomic E-state index is 12.6. The highest BCUT2D eigenvalue weighted by atomic mass is 35.5. The average molecular weight is 410 g/mol. The van der Waals surface area contributed by atoms with Gasteiger partial charge in [-0.3, -0.25) is 4.79 Å². The molecule has 3 aromatic carbocycles. The molecule has 5 nitrogen and oxygen atoms in total. The SMILES string of the molecule is COc1cc(Cl)c(C)cc1NC(=O)COC(=O)c1ccccc1-c1ccccc1. The van der Waals surface area contributed by atoms with Gasteiger partial charge < -0.3 is 14.8 Å². The number of anilines is 1. The maximum Gasteiger partial charge on any atom is 0.339 e. The lowest BCUT2D eigenvalue weighted by Crippen LogP contribution is -2.21. The average Bonchev–Trinajstić information content (AvgIpc) is 2.75. The number of ether oxygens (including phenoxy) is 2. The van der Waals surface area contributed by atoms with E-state index in [2.05, 4.69) is 5.32 Å². The Morgan fingerprint density at radius 3 is 2.41 bits per heavy atom. The monoisotopic (exact) mass is 409 g/mol. The van der Waals surface area contributed by atoms with E-state index in [1.165, 1.54) is 7.11 Å². The van der Waals surface area contributed by atoms with Gasteiger partial charge in [0.15, 0.2) is 6.61 Å². The predicted molar refractivity (Wildman–Crippen MR) is 114 cm³/mol. The van der Waals surface area contributed by atoms with E-state index >= 15 is 0 Å². The Morgan fingerprint density at radius 1 is 1.00 bits per heavy atom. The van der Waals surface area contributed by atoms with Gasteiger partial charge in [-0.2, -0.15) is 0 Å². The molecule has 6 heteroatoms. The number of carbonyl (C=O) groups excluding carboxylic acids is 2. The molecule has 0 saturated carbocycles. The number of aryl methyl sites for hydroxylation is 1. The number of nitrogens with one attached hydrogen (secondary N) is 1. The second-order valence-corrected chi connectivity index (χ2v) is 6.74. The van der Waals surface area contributed by atoms with Gasteiger partial charge in [0.2, 0.25) is 0 Å². The lowest BCUT2D eigenvalue weighted by molar-refractivity contribution is -0.119. The molecule has 0 atom stereocenters. The van der Waals surface area contributed by atoms with E-state index in [0.29, 0.717) is 22.0 Å². The van der Waals surface area contributed by atoms with Crippen LogP contribution in [0.3, 0.4) is 0 Å². The summed E-state index contributed by atoms with van der Waals surface area (Å²) in [6.45, 7) is 1.39. The fourth-order valence-corrected chi connectivity index (χ4v) is 3.01. The van der Waals surface area contributed by atoms with Crippen molar-refractivity contribution in [1.29, 1.82) is 0 Å². The lowest BCUT2D eigenvalue weighted by Gasteiger charge is -2.13. The van der Waals surface area contributed by atoms with Gasteiger partial charge >= 0.3 is 5.97 Å². The first-order chi connectivity index (χ1) is 14.0. The Hall–Kier alpha value is -3.31. The standard InChI is InChI=1S/C23H20ClNO4/c1-15-12-20(21(28-2)13-19(15)24)25-22(26)14-29-23(27)18-11-7-6-10-17(18)16-8-4-3-5-9-16/h3-13H,14H2,1-2H3,(H,25,26). The summed E-state index contributed by atoms with van der Waals surface area (Å²) < 4.78 is 10.5. The summed E-state index contributed by atoms with van der Waals surface area (Å²) in [7, 11) is 1.48. The lowest BCUT2D eigenvalue weighted by atomic mass is 10.00. The van der Waals surface area contributed by atoms with Gasteiger partial charge in [0.05, 0.1) is 18.4 Å². The first kappa shape index (κ1) is 20.4. The third kappa shape index (κ3) is 4.95. The van der Waals surface area contributed by atoms with Gasteiger partial charge in [-0.15, -0.1) is 0 Å². The van der Waals surface area contributed by atoms with E-state index < -0.39 is 18.5 Å². The number of methoxy groups -OCH3 is 1. The van der Waals surface area contributed by atoms with Crippen molar-refractivity contribution >= 4 is 29.2 Å². The van der Waals surface area contributed by atoms with Crippen molar-refractivity contribution in [2.24, 2.45) is 0 Å². The van der Waals surface area contributed by atoms with Crippen LogP contribution in [0.1, 0.15) is 15.9 Å². The highest BCUT2D eigenvalue weighted by Gasteiger charge is 2.16. The van der Waals surface area contributed by atoms with E-state index in [1.54, 1.807) is 24.3 Å². The maximum atomic E-state index is 12.6. The molecule has 1 N–H and O–H groups in total. The zero-order valence-electron chi connectivity index (χ0n) is 16.1. The smallest absolute Gasteiger partial charge is 0.339 e. The summed E-state index contributed by atoms with van der Waals surface area (Å²) in [5, 5.41) is 3.21. The summed E-state index contributed by atoms with van der Waals surface area (Å²) >= 11 is 6.07. The van der Waals surface area contributed by atoms with E-state index in [-0.39, 0.29) is 0 Å². The Labute approximate surface area is 174 Å². The fraction of sp³-hybridized carbons (Fsp3) is 0.130. The van der Waals surface area contributed by atoms with Crippen molar-refractivity contribution in [3.05, 3.63) is 82.9 Å². The Morgan fingerprint density at radius 2 is 1.69 bits per heavy atom. The van der Waals surface area contributed by atoms with Crippen LogP contribution < -0.4 is 10.1 Å². The third-order valence-electron chi connectivity index (χ3n) is 4.32. The van der Waals surface area contributed by atoms with Crippen molar-refractivity contribution in [2.75, 3.05) is 19.0 Å². The molecule has 148 valence electrons. The number of esters is 1. The van der Waals surface area contributed by atoms with Crippen molar-refractivity contribution in [1.82, 2.24) is 0 Å². The molecule has 0 unspecified atom stereocenters. The Bertz CT molecular complexity index is 1030. The Kier molecular flexibility index (Phi) is 6.52. The van der Waals surface area contributed by atoms with E-state index in [1.807, 2.05) is 49.4 Å². The van der Waals surface area contributed by atoms with Crippen molar-refractivity contribution in [3.8, 4) is 16.9 Å². The number of hydrogen-bond donors (Lipinski definition) is 1. The molecule has 0 spiro atoms. The van der Waals surface area contributed by atoms with Crippen LogP contribution in [-0.2, 0) is 9.53 Å². The van der Waals surface area contributed by atoms with Crippen LogP contribution in [0.25, 0.3) is 11.1 Å². The zero-order chi connectivity index (χ0) is 20.8. The van der Waals surface area contributed by atoms with Crippen LogP contribution >= 0.6 is 11.6 Å². The molecule has 29 heavy (non-hydrogen) atoms. The number of benzene rings is 3. The van der Waals surface area contributed by atoms with Crippen molar-refractivity contribution in [3.63, 3.8) is 0 Å². The molecule has 0 aliphatic rings. The van der Waals surface area contributed by atoms with Crippen LogP contribution in [0.4, 0.5) is 5.69 Å². The van der Waals surface area contributed by atoms with Crippen molar-refractivity contribution in [2.45, 2.75) is 6.92 Å². The van der Waals surface area contributed by atoms with Gasteiger partial charge in [0.1, 0.15) is 5.75 Å². The van der Waals surface area contributed by atoms with Crippen LogP contribution in [0.2, 0.25) is 5.02 Å². The molecule has 3 rings (SSSR count). The van der Waals surface area contributed by atoms with Gasteiger partial charge in [0, 0.05) is 11.1 Å². The predicted octanol–water partition coefficient (Wildman–Crippen LogP) is 5.12. The Balaban J connectivity index is 1.69. The minimum Gasteiger partial charge on any atom is -0.495 e. The van der Waals surface area contributed by atoms with E-state index in [9.17, 15) is 9.59 Å². The molecular weight excluding hydrogens is 390 g/mol. The third-order valence-corrected chi connectivity index (χ3v) is 4.73. The summed E-state index contributed by atoms with van der Waals surface area (Å²) in [6.07, 6.45) is 0. The molecule has 3 aromatic rings. The minimum atomic E-state index is -0.571. The van der Waals surface area contributed by atoms with Gasteiger partial charge in [0.25, 0.3) is 5.91 Å². The highest BCUT2D eigenvalue weighted by Crippen LogP contribution is 2.31. The largest absolute Gasteiger partial charge is 0.495 e. The second-order valence-electron chi connectivity index (χ2n) is 6.34. The van der Waals surface area contributed by atoms with E-state index in [4.69, 9.17) is 21.1 Å². The summed E-state index contributed by atoms with van der Waals surface area (Å²) in [5.74, 6) is -0.621. The first-order valence-corrected chi connectivity index (χ1v) is 9.33. The normalized spacial score (nSPS) is 10.3. The number of hydrogen-bond acceptors (Lipinski definition) is 4. The second kappa shape index (κ2) is 9.26. The number of halogens is 1. The number of carbonyl (C=O) groups is 2. The molecule has 0 fully saturated rings. The molecule has 0 aromatic heterocycles. The van der Waals surface area contributed by atoms with Crippen LogP contribution in [0.15, 0.2) is 66.7 Å². The topological polar surface area (TPSA) is 64.6 Å². The zero-order valence-corrected chi connectivity index (χ0v) is 16.8. The van der Waals surface area contributed by atoms with Crippen molar-refractivity contribution < 1.29 is 19.1 Å². The summed E-state index contributed by atoms with van der Waals surface area (Å²) in [4.78, 5) is 24.9. The molecule has 0 saturated heterocycles. The first-order valence-electron chi connectivity index (χ1n) is 8.95. The molecule has 0 heterocycles. The summed E-state index contributed by atoms with van der Waals surface area (Å²) in [6, 6.07) is 20.0. The van der Waals surface area contributed by atoms with Crippen LogP contribution in [0, 0.1) is 6.92 Å². The molecule has 0 bridgehead atoms. The summed E-state index contributed by atoms with van der Waals surface area (Å²) in [5.41, 5.74) is 3.28. The molecule has 0 aliphatic heterocycles. The van der Waals surface area contributed by atoms with E-state index in [0.717, 1.165) is 16.7 Å². The number of amides is 1. The molecule has 1 amide bonds. The van der Waals surface area contributed by atoms with Crippen LogP contribution in [0.5, 0.6) is 5.75 Å². The molecule has 0 aliphatic carbocycles. The highest BCUT2D eigenvalue weighted by molar-refractivity contribution is 6.31. The van der Waals surface area contributed by atoms with Gasteiger partial charge in [-0.25, -0.2) is 4.79 Å². The van der Waals surface area contributed by atoms with Gasteiger partial charge in [-0.05, 0) is 35.7 Å². The molecular formula is C23H20ClNO4. The van der Waals surface area contributed by atoms with Gasteiger partial charge in [-0.1, -0.05) is 60.1 Å². The fourth-order valence-electron chi connectivity index (χ4n) is 2.86. The minimum absolute atomic E-state index is 0.395. The van der Waals surface area contributed by atoms with Crippen LogP contribution in [-0.4, -0.2) is 25.6 Å².